The molecule has 0 fully saturated rings. The Balaban J connectivity index is 1.92. The number of benzene rings is 4. The van der Waals surface area contributed by atoms with E-state index in [1.165, 1.54) is 5.56 Å². The number of allylic oxidation sites excluding steroid dienone is 1. The van der Waals surface area contributed by atoms with Crippen LogP contribution in [0.5, 0.6) is 0 Å². The van der Waals surface area contributed by atoms with Gasteiger partial charge in [-0.1, -0.05) is 0 Å². The van der Waals surface area contributed by atoms with E-state index < -0.39 is 5.96 Å². The number of nitrogens with zero attached hydrogens (tertiary/aromatic N) is 1. The first-order valence-electron chi connectivity index (χ1n) is 11.2. The van der Waals surface area contributed by atoms with E-state index in [0.717, 1.165) is 27.9 Å². The van der Waals surface area contributed by atoms with Gasteiger partial charge < -0.3 is 0 Å². The third kappa shape index (κ3) is 4.65. The fourth-order valence-electron chi connectivity index (χ4n) is 4.44. The van der Waals surface area contributed by atoms with Crippen molar-refractivity contribution < 1.29 is 0 Å². The minimum atomic E-state index is -3.35. The molecule has 0 aliphatic carbocycles. The van der Waals surface area contributed by atoms with E-state index in [1.54, 1.807) is 0 Å². The zero-order valence-corrected chi connectivity index (χ0v) is 20.2. The van der Waals surface area contributed by atoms with Crippen LogP contribution in [0.25, 0.3) is 6.08 Å². The van der Waals surface area contributed by atoms with E-state index in [9.17, 15) is 0 Å². The van der Waals surface area contributed by atoms with Gasteiger partial charge in [-0.2, -0.15) is 0 Å². The van der Waals surface area contributed by atoms with Crippen LogP contribution in [0.3, 0.4) is 0 Å². The molecule has 0 radical (unpaired) electrons. The second kappa shape index (κ2) is 10.2. The third-order valence-electron chi connectivity index (χ3n) is 6.05. The van der Waals surface area contributed by atoms with Gasteiger partial charge in [0.2, 0.25) is 0 Å². The Morgan fingerprint density at radius 2 is 1.21 bits per heavy atom. The molecule has 0 saturated carbocycles. The SMILES string of the molecule is N#CCCC=Cc1cccc(CP(Cl)(c2ccccc2)(c2ccccc2)c2ccccc2)c1. The van der Waals surface area contributed by atoms with E-state index in [4.69, 9.17) is 16.5 Å². The van der Waals surface area contributed by atoms with E-state index in [0.29, 0.717) is 12.6 Å². The van der Waals surface area contributed by atoms with Crippen molar-refractivity contribution in [1.29, 1.82) is 5.26 Å². The van der Waals surface area contributed by atoms with Gasteiger partial charge in [-0.3, -0.25) is 0 Å². The molecule has 33 heavy (non-hydrogen) atoms. The van der Waals surface area contributed by atoms with Gasteiger partial charge in [0.05, 0.1) is 0 Å². The van der Waals surface area contributed by atoms with Crippen LogP contribution in [0, 0.1) is 11.3 Å². The summed E-state index contributed by atoms with van der Waals surface area (Å²) in [6, 6.07) is 42.5. The van der Waals surface area contributed by atoms with Crippen molar-refractivity contribution in [3.63, 3.8) is 0 Å². The monoisotopic (exact) mass is 467 g/mol. The number of hydrogen-bond donors (Lipinski definition) is 0. The van der Waals surface area contributed by atoms with E-state index in [2.05, 4.69) is 115 Å². The zero-order chi connectivity index (χ0) is 23.0. The van der Waals surface area contributed by atoms with Crippen LogP contribution in [0.2, 0.25) is 0 Å². The normalized spacial score (nSPS) is 12.7. The Bertz CT molecular complexity index is 1160. The molecule has 1 nitrogen and oxygen atoms in total. The first-order valence-corrected chi connectivity index (χ1v) is 14.5. The molecule has 0 aliphatic heterocycles. The van der Waals surface area contributed by atoms with Gasteiger partial charge >= 0.3 is 202 Å². The molecule has 0 aliphatic rings. The average molecular weight is 468 g/mol. The maximum atomic E-state index is 8.79. The van der Waals surface area contributed by atoms with Gasteiger partial charge in [0.25, 0.3) is 0 Å². The van der Waals surface area contributed by atoms with Crippen LogP contribution < -0.4 is 15.9 Å². The van der Waals surface area contributed by atoms with Crippen LogP contribution >= 0.6 is 17.2 Å². The van der Waals surface area contributed by atoms with Crippen LogP contribution in [-0.2, 0) is 6.16 Å². The van der Waals surface area contributed by atoms with Crippen molar-refractivity contribution in [3.05, 3.63) is 132 Å². The Kier molecular flexibility index (Phi) is 7.10. The van der Waals surface area contributed by atoms with E-state index in [1.807, 2.05) is 18.2 Å². The first-order chi connectivity index (χ1) is 16.1. The second-order valence-electron chi connectivity index (χ2n) is 8.19. The Hall–Kier alpha value is -3.17. The number of hydrogen-bond acceptors (Lipinski definition) is 1. The van der Waals surface area contributed by atoms with Crippen molar-refractivity contribution in [2.75, 3.05) is 0 Å². The summed E-state index contributed by atoms with van der Waals surface area (Å²) in [5.41, 5.74) is 2.32. The van der Waals surface area contributed by atoms with Gasteiger partial charge in [0, 0.05) is 0 Å². The molecule has 0 bridgehead atoms. The van der Waals surface area contributed by atoms with Crippen LogP contribution in [0.4, 0.5) is 0 Å². The summed E-state index contributed by atoms with van der Waals surface area (Å²) in [7, 11) is 0. The molecule has 4 rings (SSSR count). The Morgan fingerprint density at radius 3 is 1.70 bits per heavy atom. The summed E-state index contributed by atoms with van der Waals surface area (Å²) in [6.07, 6.45) is 6.16. The molecule has 4 aromatic carbocycles. The van der Waals surface area contributed by atoms with Gasteiger partial charge in [-0.25, -0.2) is 0 Å². The Labute approximate surface area is 201 Å². The Morgan fingerprint density at radius 1 is 0.697 bits per heavy atom. The van der Waals surface area contributed by atoms with Crippen molar-refractivity contribution in [3.8, 4) is 6.07 Å². The quantitative estimate of drug-likeness (QED) is 0.199. The molecule has 0 heterocycles. The molecule has 0 aromatic heterocycles. The fraction of sp³-hybridized carbons (Fsp3) is 0.100. The summed E-state index contributed by atoms with van der Waals surface area (Å²) in [5, 5.41) is 12.3. The molecule has 164 valence electrons. The molecular formula is C30H27ClNP. The van der Waals surface area contributed by atoms with Crippen molar-refractivity contribution in [1.82, 2.24) is 0 Å². The van der Waals surface area contributed by atoms with Crippen LogP contribution in [0.1, 0.15) is 24.0 Å². The first kappa shape index (κ1) is 23.0. The number of unbranched alkanes of at least 4 members (excludes halogenated alkanes) is 1. The molecule has 0 amide bonds. The molecule has 0 unspecified atom stereocenters. The second-order valence-corrected chi connectivity index (χ2v) is 14.7. The molecule has 0 saturated heterocycles. The van der Waals surface area contributed by atoms with Gasteiger partial charge in [0.1, 0.15) is 0 Å². The molecule has 0 atom stereocenters. The third-order valence-corrected chi connectivity index (χ3v) is 13.2. The van der Waals surface area contributed by atoms with E-state index >= 15 is 0 Å². The molecule has 0 N–H and O–H groups in total. The molecule has 4 aromatic rings. The molecule has 3 heteroatoms. The molecule has 0 spiro atoms. The van der Waals surface area contributed by atoms with Crippen LogP contribution in [-0.4, -0.2) is 0 Å². The summed E-state index contributed by atoms with van der Waals surface area (Å²) >= 11 is 8.18. The number of halogens is 1. The number of rotatable bonds is 8. The van der Waals surface area contributed by atoms with Gasteiger partial charge in [0.15, 0.2) is 0 Å². The predicted molar refractivity (Wildman–Crippen MR) is 145 cm³/mol. The van der Waals surface area contributed by atoms with Crippen molar-refractivity contribution in [2.45, 2.75) is 19.0 Å². The van der Waals surface area contributed by atoms with Crippen molar-refractivity contribution >= 4 is 39.2 Å². The fourth-order valence-corrected chi connectivity index (χ4v) is 10.6. The summed E-state index contributed by atoms with van der Waals surface area (Å²) in [5.74, 6) is -3.35. The number of nitriles is 1. The predicted octanol–water partition coefficient (Wildman–Crippen LogP) is 7.19. The summed E-state index contributed by atoms with van der Waals surface area (Å²) < 4.78 is 0. The van der Waals surface area contributed by atoms with E-state index in [-0.39, 0.29) is 0 Å². The summed E-state index contributed by atoms with van der Waals surface area (Å²) in [4.78, 5) is 0. The van der Waals surface area contributed by atoms with Gasteiger partial charge in [-0.05, 0) is 0 Å². The maximum absolute atomic E-state index is 8.79. The average Bonchev–Trinajstić information content (AvgIpc) is 2.88. The van der Waals surface area contributed by atoms with Crippen molar-refractivity contribution in [2.24, 2.45) is 0 Å². The summed E-state index contributed by atoms with van der Waals surface area (Å²) in [6.45, 7) is 0. The standard InChI is InChI=1S/C30H27ClNP/c31-33(28-17-6-1-7-18-28,29-19-8-2-9-20-29,30-21-10-3-11-22-30)25-27-16-13-15-26(24-27)14-5-4-12-23-32/h1-3,5-11,13-22,24H,4,12,25H2. The minimum absolute atomic E-state index is 0.532. The van der Waals surface area contributed by atoms with Gasteiger partial charge in [-0.15, -0.1) is 0 Å². The van der Waals surface area contributed by atoms with Crippen LogP contribution in [0.15, 0.2) is 121 Å². The topological polar surface area (TPSA) is 23.8 Å². The zero-order valence-electron chi connectivity index (χ0n) is 18.5. The molecular weight excluding hydrogens is 441 g/mol.